The maximum absolute atomic E-state index is 5.92. The van der Waals surface area contributed by atoms with Crippen molar-refractivity contribution in [3.8, 4) is 17.2 Å². The molecule has 0 spiro atoms. The van der Waals surface area contributed by atoms with Crippen LogP contribution in [0.5, 0.6) is 17.2 Å². The van der Waals surface area contributed by atoms with Crippen molar-refractivity contribution in [2.75, 3.05) is 26.9 Å². The molecule has 2 aliphatic heterocycles. The minimum atomic E-state index is 0.634. The Morgan fingerprint density at radius 1 is 1.05 bits per heavy atom. The summed E-state index contributed by atoms with van der Waals surface area (Å²) in [6.45, 7) is 2.19. The summed E-state index contributed by atoms with van der Waals surface area (Å²) in [6.07, 6.45) is 4.94. The van der Waals surface area contributed by atoms with Crippen molar-refractivity contribution in [3.63, 3.8) is 0 Å². The molecule has 2 heterocycles. The van der Waals surface area contributed by atoms with Crippen LogP contribution in [0.4, 0.5) is 0 Å². The highest BCUT2D eigenvalue weighted by atomic mass is 16.5. The van der Waals surface area contributed by atoms with Crippen LogP contribution in [0.2, 0.25) is 0 Å². The van der Waals surface area contributed by atoms with Gasteiger partial charge >= 0.3 is 0 Å². The topological polar surface area (TPSA) is 53.7 Å². The van der Waals surface area contributed by atoms with Gasteiger partial charge in [-0.05, 0) is 38.6 Å². The largest absolute Gasteiger partial charge is 0.493 e. The van der Waals surface area contributed by atoms with E-state index in [0.717, 1.165) is 68.1 Å². The Balaban J connectivity index is 2.22. The summed E-state index contributed by atoms with van der Waals surface area (Å²) >= 11 is 0. The monoisotopic (exact) mass is 263 g/mol. The quantitative estimate of drug-likeness (QED) is 0.904. The lowest BCUT2D eigenvalue weighted by Gasteiger charge is -2.29. The van der Waals surface area contributed by atoms with Crippen LogP contribution in [0.15, 0.2) is 0 Å². The van der Waals surface area contributed by atoms with Gasteiger partial charge in [0.25, 0.3) is 0 Å². The summed E-state index contributed by atoms with van der Waals surface area (Å²) in [6, 6.07) is 0. The SMILES string of the molecule is COc1c2c(c(CCN)c3c1OCCC3)OCCC2. The molecule has 0 fully saturated rings. The summed E-state index contributed by atoms with van der Waals surface area (Å²) in [5.74, 6) is 2.82. The van der Waals surface area contributed by atoms with Crippen LogP contribution in [0.1, 0.15) is 29.5 Å². The van der Waals surface area contributed by atoms with Gasteiger partial charge in [-0.15, -0.1) is 0 Å². The van der Waals surface area contributed by atoms with Gasteiger partial charge in [-0.1, -0.05) is 0 Å². The zero-order valence-electron chi connectivity index (χ0n) is 11.5. The summed E-state index contributed by atoms with van der Waals surface area (Å²) in [5, 5.41) is 0. The van der Waals surface area contributed by atoms with Gasteiger partial charge in [0, 0.05) is 16.7 Å². The van der Waals surface area contributed by atoms with E-state index in [9.17, 15) is 0 Å². The molecule has 0 radical (unpaired) electrons. The van der Waals surface area contributed by atoms with Gasteiger partial charge in [0.2, 0.25) is 0 Å². The van der Waals surface area contributed by atoms with Crippen molar-refractivity contribution >= 4 is 0 Å². The Morgan fingerprint density at radius 2 is 1.74 bits per heavy atom. The van der Waals surface area contributed by atoms with E-state index in [1.165, 1.54) is 11.1 Å². The van der Waals surface area contributed by atoms with Crippen molar-refractivity contribution in [2.45, 2.75) is 32.1 Å². The second kappa shape index (κ2) is 5.29. The standard InChI is InChI=1S/C15H21NO3/c1-17-14-12-5-3-8-18-13(12)11(6-7-16)10-4-2-9-19-15(10)14/h2-9,16H2,1H3. The molecule has 0 atom stereocenters. The molecular formula is C15H21NO3. The first kappa shape index (κ1) is 12.6. The van der Waals surface area contributed by atoms with Crippen molar-refractivity contribution in [1.29, 1.82) is 0 Å². The van der Waals surface area contributed by atoms with E-state index in [1.807, 2.05) is 0 Å². The highest BCUT2D eigenvalue weighted by Gasteiger charge is 2.29. The van der Waals surface area contributed by atoms with E-state index in [0.29, 0.717) is 6.54 Å². The Morgan fingerprint density at radius 3 is 2.42 bits per heavy atom. The van der Waals surface area contributed by atoms with Gasteiger partial charge in [0.15, 0.2) is 11.5 Å². The average molecular weight is 263 g/mol. The molecule has 1 aromatic rings. The van der Waals surface area contributed by atoms with E-state index in [4.69, 9.17) is 19.9 Å². The molecule has 4 nitrogen and oxygen atoms in total. The van der Waals surface area contributed by atoms with Gasteiger partial charge in [0.1, 0.15) is 5.75 Å². The molecule has 0 saturated carbocycles. The van der Waals surface area contributed by atoms with E-state index in [2.05, 4.69) is 0 Å². The molecule has 2 aliphatic rings. The fourth-order valence-electron chi connectivity index (χ4n) is 3.12. The number of hydrogen-bond donors (Lipinski definition) is 1. The molecule has 0 bridgehead atoms. The minimum Gasteiger partial charge on any atom is -0.493 e. The predicted molar refractivity (Wildman–Crippen MR) is 73.4 cm³/mol. The maximum atomic E-state index is 5.92. The smallest absolute Gasteiger partial charge is 0.167 e. The number of rotatable bonds is 3. The van der Waals surface area contributed by atoms with Crippen molar-refractivity contribution in [3.05, 3.63) is 16.7 Å². The first-order valence-electron chi connectivity index (χ1n) is 7.07. The van der Waals surface area contributed by atoms with Crippen LogP contribution in [0, 0.1) is 0 Å². The number of methoxy groups -OCH3 is 1. The Labute approximate surface area is 113 Å². The van der Waals surface area contributed by atoms with E-state index < -0.39 is 0 Å². The third-order valence-electron chi connectivity index (χ3n) is 3.90. The summed E-state index contributed by atoms with van der Waals surface area (Å²) in [4.78, 5) is 0. The lowest BCUT2D eigenvalue weighted by molar-refractivity contribution is 0.250. The molecule has 0 unspecified atom stereocenters. The fourth-order valence-corrected chi connectivity index (χ4v) is 3.12. The van der Waals surface area contributed by atoms with E-state index in [1.54, 1.807) is 7.11 Å². The van der Waals surface area contributed by atoms with Crippen molar-refractivity contribution in [2.24, 2.45) is 5.73 Å². The number of benzene rings is 1. The van der Waals surface area contributed by atoms with Crippen molar-refractivity contribution < 1.29 is 14.2 Å². The van der Waals surface area contributed by atoms with Gasteiger partial charge in [0.05, 0.1) is 20.3 Å². The zero-order chi connectivity index (χ0) is 13.2. The Kier molecular flexibility index (Phi) is 3.51. The molecular weight excluding hydrogens is 242 g/mol. The molecule has 104 valence electrons. The fraction of sp³-hybridized carbons (Fsp3) is 0.600. The number of ether oxygens (including phenoxy) is 3. The highest BCUT2D eigenvalue weighted by molar-refractivity contribution is 5.64. The second-order valence-corrected chi connectivity index (χ2v) is 5.07. The van der Waals surface area contributed by atoms with Crippen LogP contribution >= 0.6 is 0 Å². The van der Waals surface area contributed by atoms with Crippen LogP contribution in [0.25, 0.3) is 0 Å². The van der Waals surface area contributed by atoms with Crippen molar-refractivity contribution in [1.82, 2.24) is 0 Å². The molecule has 0 saturated heterocycles. The molecule has 0 aliphatic carbocycles. The molecule has 0 aromatic heterocycles. The minimum absolute atomic E-state index is 0.634. The molecule has 3 rings (SSSR count). The highest BCUT2D eigenvalue weighted by Crippen LogP contribution is 2.48. The summed E-state index contributed by atoms with van der Waals surface area (Å²) in [5.41, 5.74) is 9.42. The van der Waals surface area contributed by atoms with E-state index in [-0.39, 0.29) is 0 Å². The van der Waals surface area contributed by atoms with Crippen LogP contribution < -0.4 is 19.9 Å². The molecule has 0 amide bonds. The van der Waals surface area contributed by atoms with Gasteiger partial charge in [-0.3, -0.25) is 0 Å². The van der Waals surface area contributed by atoms with Gasteiger partial charge < -0.3 is 19.9 Å². The van der Waals surface area contributed by atoms with Crippen LogP contribution in [-0.4, -0.2) is 26.9 Å². The number of hydrogen-bond acceptors (Lipinski definition) is 4. The van der Waals surface area contributed by atoms with E-state index >= 15 is 0 Å². The maximum Gasteiger partial charge on any atom is 0.167 e. The lowest BCUT2D eigenvalue weighted by Crippen LogP contribution is -2.19. The summed E-state index contributed by atoms with van der Waals surface area (Å²) < 4.78 is 17.4. The zero-order valence-corrected chi connectivity index (χ0v) is 11.5. The molecule has 19 heavy (non-hydrogen) atoms. The van der Waals surface area contributed by atoms with Gasteiger partial charge in [-0.2, -0.15) is 0 Å². The first-order valence-corrected chi connectivity index (χ1v) is 7.07. The van der Waals surface area contributed by atoms with Crippen LogP contribution in [0.3, 0.4) is 0 Å². The lowest BCUT2D eigenvalue weighted by atomic mass is 9.90. The number of nitrogens with two attached hydrogens (primary N) is 1. The summed E-state index contributed by atoms with van der Waals surface area (Å²) in [7, 11) is 1.71. The average Bonchev–Trinajstić information content (AvgIpc) is 2.47. The Hall–Kier alpha value is -1.42. The Bertz CT molecular complexity index is 448. The molecule has 2 N–H and O–H groups in total. The normalized spacial score (nSPS) is 16.9. The van der Waals surface area contributed by atoms with Crippen LogP contribution in [-0.2, 0) is 19.3 Å². The number of fused-ring (bicyclic) bond motifs is 2. The second-order valence-electron chi connectivity index (χ2n) is 5.07. The first-order chi connectivity index (χ1) is 9.36. The molecule has 1 aromatic carbocycles. The third kappa shape index (κ3) is 2.04. The third-order valence-corrected chi connectivity index (χ3v) is 3.90. The van der Waals surface area contributed by atoms with Gasteiger partial charge in [-0.25, -0.2) is 0 Å². The predicted octanol–water partition coefficient (Wildman–Crippen LogP) is 1.85. The molecule has 4 heteroatoms.